The number of ether oxygens (including phenoxy) is 1. The zero-order chi connectivity index (χ0) is 29.9. The summed E-state index contributed by atoms with van der Waals surface area (Å²) in [4.78, 5) is 40.4. The fourth-order valence-corrected chi connectivity index (χ4v) is 7.14. The number of nitrogens with zero attached hydrogens (tertiary/aromatic N) is 4. The number of aliphatic hydroxyl groups excluding tert-OH is 1. The fraction of sp³-hybridized carbons (Fsp3) is 0.500. The molecule has 6 rings (SSSR count). The van der Waals surface area contributed by atoms with Crippen molar-refractivity contribution in [2.45, 2.75) is 69.5 Å². The van der Waals surface area contributed by atoms with Crippen LogP contribution in [0.25, 0.3) is 15.8 Å². The summed E-state index contributed by atoms with van der Waals surface area (Å²) >= 11 is 2.78. The Morgan fingerprint density at radius 1 is 1.26 bits per heavy atom. The number of benzene rings is 1. The molecular weight excluding hydrogens is 587 g/mol. The van der Waals surface area contributed by atoms with Gasteiger partial charge in [-0.25, -0.2) is 9.97 Å². The Bertz CT molecular complexity index is 1500. The van der Waals surface area contributed by atoms with Gasteiger partial charge in [0.05, 0.1) is 29.0 Å². The molecule has 3 heterocycles. The minimum Gasteiger partial charge on any atom is -0.390 e. The minimum atomic E-state index is -0.372. The van der Waals surface area contributed by atoms with Gasteiger partial charge in [-0.05, 0) is 56.7 Å². The van der Waals surface area contributed by atoms with Crippen molar-refractivity contribution in [2.75, 3.05) is 25.5 Å². The predicted molar refractivity (Wildman–Crippen MR) is 169 cm³/mol. The first-order valence-electron chi connectivity index (χ1n) is 14.7. The van der Waals surface area contributed by atoms with Crippen LogP contribution in [0.4, 0.5) is 5.13 Å². The number of aliphatic hydroxyl groups is 1. The number of fused-ring (bicyclic) bond motifs is 1. The number of carbonyl (C=O) groups is 2. The zero-order valence-electron chi connectivity index (χ0n) is 24.2. The number of anilines is 1. The van der Waals surface area contributed by atoms with E-state index in [1.54, 1.807) is 11.6 Å². The number of allylic oxidation sites excluding steroid dienone is 1. The van der Waals surface area contributed by atoms with E-state index in [0.29, 0.717) is 23.3 Å². The molecule has 1 aliphatic heterocycles. The molecule has 2 fully saturated rings. The second kappa shape index (κ2) is 13.2. The molecule has 0 radical (unpaired) electrons. The van der Waals surface area contributed by atoms with E-state index in [9.17, 15) is 14.7 Å². The van der Waals surface area contributed by atoms with Crippen LogP contribution in [0, 0.1) is 5.92 Å². The zero-order valence-corrected chi connectivity index (χ0v) is 25.9. The Labute approximate surface area is 258 Å². The maximum atomic E-state index is 12.9. The normalized spacial score (nSPS) is 25.8. The van der Waals surface area contributed by atoms with Crippen LogP contribution >= 0.6 is 22.7 Å². The lowest BCUT2D eigenvalue weighted by Crippen LogP contribution is -2.51. The smallest absolute Gasteiger partial charge is 0.280 e. The highest BCUT2D eigenvalue weighted by atomic mass is 32.1. The molecular formula is C30H37N7O4S2. The molecule has 2 saturated carbocycles. The lowest BCUT2D eigenvalue weighted by molar-refractivity contribution is -0.123. The van der Waals surface area contributed by atoms with Gasteiger partial charge in [-0.1, -0.05) is 17.4 Å². The largest absolute Gasteiger partial charge is 0.390 e. The van der Waals surface area contributed by atoms with Gasteiger partial charge in [-0.2, -0.15) is 0 Å². The number of hydrogen-bond donors (Lipinski definition) is 4. The number of likely N-dealkylation sites (N-methyl/N-ethyl adjacent to an activating group) is 1. The van der Waals surface area contributed by atoms with Crippen LogP contribution < -0.4 is 16.0 Å². The maximum absolute atomic E-state index is 12.9. The van der Waals surface area contributed by atoms with Crippen molar-refractivity contribution in [2.24, 2.45) is 10.9 Å². The number of nitrogens with one attached hydrogen (secondary N) is 3. The number of carbonyl (C=O) groups excluding carboxylic acids is 2. The third kappa shape index (κ3) is 7.13. The van der Waals surface area contributed by atoms with Gasteiger partial charge in [-0.3, -0.25) is 14.6 Å². The monoisotopic (exact) mass is 623 g/mol. The van der Waals surface area contributed by atoms with Crippen LogP contribution in [0.2, 0.25) is 0 Å². The summed E-state index contributed by atoms with van der Waals surface area (Å²) in [5, 5.41) is 22.3. The van der Waals surface area contributed by atoms with Crippen molar-refractivity contribution in [3.8, 4) is 0 Å². The number of hydrogen-bond acceptors (Lipinski definition) is 11. The molecule has 1 aromatic carbocycles. The summed E-state index contributed by atoms with van der Waals surface area (Å²) in [6.07, 6.45) is 9.18. The van der Waals surface area contributed by atoms with E-state index in [4.69, 9.17) is 9.73 Å². The van der Waals surface area contributed by atoms with Crippen molar-refractivity contribution in [1.82, 2.24) is 25.5 Å². The van der Waals surface area contributed by atoms with Gasteiger partial charge in [0.15, 0.2) is 10.1 Å². The van der Waals surface area contributed by atoms with Crippen LogP contribution in [0.3, 0.4) is 0 Å². The molecule has 11 nitrogen and oxygen atoms in total. The molecule has 43 heavy (non-hydrogen) atoms. The molecule has 3 aliphatic rings. The van der Waals surface area contributed by atoms with Gasteiger partial charge in [0.25, 0.3) is 5.91 Å². The molecule has 2 aromatic heterocycles. The van der Waals surface area contributed by atoms with Crippen molar-refractivity contribution >= 4 is 61.6 Å². The first-order valence-corrected chi connectivity index (χ1v) is 16.4. The van der Waals surface area contributed by atoms with E-state index < -0.39 is 0 Å². The summed E-state index contributed by atoms with van der Waals surface area (Å²) in [5.41, 5.74) is 2.86. The van der Waals surface area contributed by atoms with Gasteiger partial charge in [-0.15, -0.1) is 11.3 Å². The molecule has 0 saturated heterocycles. The molecule has 2 aliphatic carbocycles. The first kappa shape index (κ1) is 29.8. The van der Waals surface area contributed by atoms with Crippen molar-refractivity contribution in [3.63, 3.8) is 0 Å². The summed E-state index contributed by atoms with van der Waals surface area (Å²) < 4.78 is 6.94. The van der Waals surface area contributed by atoms with Crippen LogP contribution in [-0.4, -0.2) is 88.7 Å². The summed E-state index contributed by atoms with van der Waals surface area (Å²) in [6.45, 7) is 2.96. The average Bonchev–Trinajstić information content (AvgIpc) is 3.73. The van der Waals surface area contributed by atoms with E-state index in [1.807, 2.05) is 37.2 Å². The molecule has 13 heteroatoms. The standard InChI is InChI=1S/C30H37N7O4S2/c1-17(13-33-28(40)29-31-8-9-42-29)34-21-10-19(11-21)27(39)36-30-35-22-7-6-18(12-25(22)43-30)20-14-32-26(37(2)15-20)16-41-24-5-3-4-23(24)38/h6-9,12,14-15,17,19,21,23-24,26,34,38H,3-5,10-11,13,16H2,1-2H3,(H,33,40)(H,35,36,39)/t17-,19-,21+,23-,24-,26?/m0/s1. The number of rotatable bonds is 11. The van der Waals surface area contributed by atoms with Crippen molar-refractivity contribution in [3.05, 3.63) is 46.5 Å². The first-order chi connectivity index (χ1) is 20.8. The molecule has 0 spiro atoms. The van der Waals surface area contributed by atoms with Crippen LogP contribution in [-0.2, 0) is 9.53 Å². The van der Waals surface area contributed by atoms with Gasteiger partial charge in [0.2, 0.25) is 5.91 Å². The highest BCUT2D eigenvalue weighted by Gasteiger charge is 2.35. The second-order valence-electron chi connectivity index (χ2n) is 11.5. The number of amides is 2. The molecule has 3 aromatic rings. The number of thiazole rings is 2. The molecule has 228 valence electrons. The van der Waals surface area contributed by atoms with Gasteiger partial charge < -0.3 is 30.7 Å². The summed E-state index contributed by atoms with van der Waals surface area (Å²) in [6, 6.07) is 6.40. The third-order valence-electron chi connectivity index (χ3n) is 8.25. The number of aliphatic imine (C=N–C) groups is 1. The Balaban J connectivity index is 0.965. The number of aromatic nitrogens is 2. The van der Waals surface area contributed by atoms with Gasteiger partial charge >= 0.3 is 0 Å². The second-order valence-corrected chi connectivity index (χ2v) is 13.5. The lowest BCUT2D eigenvalue weighted by Gasteiger charge is -2.36. The summed E-state index contributed by atoms with van der Waals surface area (Å²) in [7, 11) is 1.98. The predicted octanol–water partition coefficient (Wildman–Crippen LogP) is 3.49. The van der Waals surface area contributed by atoms with Crippen LogP contribution in [0.5, 0.6) is 0 Å². The average molecular weight is 624 g/mol. The van der Waals surface area contributed by atoms with Crippen LogP contribution in [0.15, 0.2) is 41.0 Å². The Morgan fingerprint density at radius 3 is 2.86 bits per heavy atom. The molecule has 0 bridgehead atoms. The SMILES string of the molecule is C[C@@H](CNC(=O)c1nccs1)N[C@H]1C[C@@H](C(=O)Nc2nc3ccc(C4=CN(C)C(CO[C@H]5CCC[C@@H]5O)N=C4)cc3s2)C1. The molecule has 4 N–H and O–H groups in total. The van der Waals surface area contributed by atoms with E-state index in [-0.39, 0.29) is 48.2 Å². The van der Waals surface area contributed by atoms with E-state index in [0.717, 1.165) is 53.5 Å². The fourth-order valence-electron chi connectivity index (χ4n) is 5.68. The van der Waals surface area contributed by atoms with E-state index in [1.165, 1.54) is 22.7 Å². The lowest BCUT2D eigenvalue weighted by atomic mass is 9.79. The highest BCUT2D eigenvalue weighted by Crippen LogP contribution is 2.33. The Morgan fingerprint density at radius 2 is 2.12 bits per heavy atom. The van der Waals surface area contributed by atoms with E-state index in [2.05, 4.69) is 38.2 Å². The minimum absolute atomic E-state index is 0.0100. The van der Waals surface area contributed by atoms with Crippen molar-refractivity contribution in [1.29, 1.82) is 0 Å². The van der Waals surface area contributed by atoms with Gasteiger partial charge in [0.1, 0.15) is 6.17 Å². The quantitative estimate of drug-likeness (QED) is 0.255. The molecule has 1 unspecified atom stereocenters. The Kier molecular flexibility index (Phi) is 9.14. The topological polar surface area (TPSA) is 141 Å². The van der Waals surface area contributed by atoms with Crippen LogP contribution in [0.1, 0.15) is 54.4 Å². The molecule has 4 atom stereocenters. The maximum Gasteiger partial charge on any atom is 0.280 e. The van der Waals surface area contributed by atoms with Gasteiger partial charge in [0, 0.05) is 61.2 Å². The highest BCUT2D eigenvalue weighted by molar-refractivity contribution is 7.22. The van der Waals surface area contributed by atoms with E-state index >= 15 is 0 Å². The molecule has 2 amide bonds. The third-order valence-corrected chi connectivity index (χ3v) is 9.96. The Hall–Kier alpha value is -3.23. The van der Waals surface area contributed by atoms with Crippen molar-refractivity contribution < 1.29 is 19.4 Å². The summed E-state index contributed by atoms with van der Waals surface area (Å²) in [5.74, 6) is -0.238.